The number of nitrogens with zero attached hydrogens (tertiary/aromatic N) is 5. The summed E-state index contributed by atoms with van der Waals surface area (Å²) in [6.45, 7) is 6.26. The number of piperidine rings is 1. The highest BCUT2D eigenvalue weighted by Crippen LogP contribution is 2.40. The van der Waals surface area contributed by atoms with Crippen molar-refractivity contribution in [2.24, 2.45) is 12.5 Å². The van der Waals surface area contributed by atoms with E-state index in [9.17, 15) is 4.79 Å². The van der Waals surface area contributed by atoms with Crippen molar-refractivity contribution in [3.8, 4) is 0 Å². The second kappa shape index (κ2) is 6.83. The highest BCUT2D eigenvalue weighted by Gasteiger charge is 2.48. The van der Waals surface area contributed by atoms with Crippen LogP contribution >= 0.6 is 0 Å². The molecule has 2 saturated heterocycles. The number of aromatic nitrogens is 3. The summed E-state index contributed by atoms with van der Waals surface area (Å²) in [5.41, 5.74) is 3.00. The third-order valence-corrected chi connectivity index (χ3v) is 5.72. The quantitative estimate of drug-likeness (QED) is 0.845. The molecule has 6 nitrogen and oxygen atoms in total. The van der Waals surface area contributed by atoms with Crippen molar-refractivity contribution in [3.05, 3.63) is 47.5 Å². The molecule has 2 aromatic rings. The number of hydrogen-bond acceptors (Lipinski definition) is 4. The Kier molecular flexibility index (Phi) is 4.53. The van der Waals surface area contributed by atoms with E-state index >= 15 is 0 Å². The highest BCUT2D eigenvalue weighted by atomic mass is 16.2. The SMILES string of the molecule is Cc1cccc(CN2CC[C@@]3(CCCN(Cc4cnn(C)c4)C3)C2=O)n1. The molecule has 0 aliphatic carbocycles. The van der Waals surface area contributed by atoms with E-state index in [2.05, 4.69) is 21.2 Å². The average Bonchev–Trinajstić information content (AvgIpc) is 3.14. The minimum absolute atomic E-state index is 0.204. The van der Waals surface area contributed by atoms with Gasteiger partial charge in [-0.15, -0.1) is 0 Å². The second-order valence-corrected chi connectivity index (χ2v) is 7.86. The molecule has 1 spiro atoms. The highest BCUT2D eigenvalue weighted by molar-refractivity contribution is 5.85. The summed E-state index contributed by atoms with van der Waals surface area (Å²) in [6.07, 6.45) is 7.04. The molecule has 0 N–H and O–H groups in total. The van der Waals surface area contributed by atoms with Gasteiger partial charge in [0.15, 0.2) is 0 Å². The lowest BCUT2D eigenvalue weighted by Gasteiger charge is -2.38. The van der Waals surface area contributed by atoms with Crippen LogP contribution in [0, 0.1) is 12.3 Å². The Morgan fingerprint density at radius 1 is 1.19 bits per heavy atom. The van der Waals surface area contributed by atoms with E-state index < -0.39 is 0 Å². The summed E-state index contributed by atoms with van der Waals surface area (Å²) in [6, 6.07) is 6.03. The number of rotatable bonds is 4. The van der Waals surface area contributed by atoms with E-state index in [0.717, 1.165) is 56.8 Å². The molecular formula is C20H27N5O. The molecule has 0 bridgehead atoms. The van der Waals surface area contributed by atoms with E-state index in [1.807, 2.05) is 47.9 Å². The minimum atomic E-state index is -0.204. The fourth-order valence-electron chi connectivity index (χ4n) is 4.48. The van der Waals surface area contributed by atoms with Gasteiger partial charge in [0, 0.05) is 44.1 Å². The summed E-state index contributed by atoms with van der Waals surface area (Å²) in [4.78, 5) is 22.2. The van der Waals surface area contributed by atoms with Gasteiger partial charge in [-0.3, -0.25) is 19.4 Å². The zero-order valence-electron chi connectivity index (χ0n) is 15.7. The van der Waals surface area contributed by atoms with Crippen LogP contribution in [0.1, 0.15) is 36.2 Å². The molecule has 2 aliphatic rings. The van der Waals surface area contributed by atoms with E-state index in [-0.39, 0.29) is 5.41 Å². The van der Waals surface area contributed by atoms with Gasteiger partial charge in [0.05, 0.1) is 23.9 Å². The van der Waals surface area contributed by atoms with Crippen molar-refractivity contribution in [1.29, 1.82) is 0 Å². The van der Waals surface area contributed by atoms with Crippen LogP contribution in [0.2, 0.25) is 0 Å². The maximum Gasteiger partial charge on any atom is 0.230 e. The molecule has 0 aromatic carbocycles. The lowest BCUT2D eigenvalue weighted by molar-refractivity contribution is -0.139. The van der Waals surface area contributed by atoms with Crippen LogP contribution in [0.5, 0.6) is 0 Å². The van der Waals surface area contributed by atoms with Crippen molar-refractivity contribution in [3.63, 3.8) is 0 Å². The van der Waals surface area contributed by atoms with E-state index in [1.54, 1.807) is 0 Å². The number of aryl methyl sites for hydroxylation is 2. The Morgan fingerprint density at radius 3 is 2.85 bits per heavy atom. The third-order valence-electron chi connectivity index (χ3n) is 5.72. The maximum atomic E-state index is 13.2. The molecule has 2 aromatic heterocycles. The molecule has 0 saturated carbocycles. The largest absolute Gasteiger partial charge is 0.336 e. The normalized spacial score (nSPS) is 23.9. The monoisotopic (exact) mass is 353 g/mol. The number of pyridine rings is 1. The van der Waals surface area contributed by atoms with Crippen LogP contribution in [0.3, 0.4) is 0 Å². The van der Waals surface area contributed by atoms with Gasteiger partial charge in [0.2, 0.25) is 5.91 Å². The van der Waals surface area contributed by atoms with Crippen LogP contribution in [-0.4, -0.2) is 50.1 Å². The van der Waals surface area contributed by atoms with E-state index in [0.29, 0.717) is 12.5 Å². The van der Waals surface area contributed by atoms with Crippen LogP contribution in [0.15, 0.2) is 30.6 Å². The van der Waals surface area contributed by atoms with Gasteiger partial charge < -0.3 is 4.90 Å². The lowest BCUT2D eigenvalue weighted by Crippen LogP contribution is -2.47. The summed E-state index contributed by atoms with van der Waals surface area (Å²) in [5.74, 6) is 0.316. The smallest absolute Gasteiger partial charge is 0.230 e. The number of carbonyl (C=O) groups excluding carboxylic acids is 1. The second-order valence-electron chi connectivity index (χ2n) is 7.86. The van der Waals surface area contributed by atoms with Crippen molar-refractivity contribution >= 4 is 5.91 Å². The molecular weight excluding hydrogens is 326 g/mol. The first-order valence-electron chi connectivity index (χ1n) is 9.46. The Bertz CT molecular complexity index is 801. The number of hydrogen-bond donors (Lipinski definition) is 0. The minimum Gasteiger partial charge on any atom is -0.336 e. The number of amides is 1. The topological polar surface area (TPSA) is 54.3 Å². The molecule has 2 fully saturated rings. The Morgan fingerprint density at radius 2 is 2.08 bits per heavy atom. The van der Waals surface area contributed by atoms with E-state index in [1.165, 1.54) is 5.56 Å². The molecule has 1 amide bonds. The van der Waals surface area contributed by atoms with Crippen molar-refractivity contribution in [2.45, 2.75) is 39.3 Å². The zero-order chi connectivity index (χ0) is 18.1. The molecule has 4 rings (SSSR count). The fourth-order valence-corrected chi connectivity index (χ4v) is 4.48. The first-order chi connectivity index (χ1) is 12.5. The molecule has 0 radical (unpaired) electrons. The average molecular weight is 353 g/mol. The van der Waals surface area contributed by atoms with Gasteiger partial charge in [0.25, 0.3) is 0 Å². The first-order valence-corrected chi connectivity index (χ1v) is 9.46. The summed E-state index contributed by atoms with van der Waals surface area (Å²) >= 11 is 0. The van der Waals surface area contributed by atoms with Crippen LogP contribution in [-0.2, 0) is 24.9 Å². The standard InChI is InChI=1S/C20H27N5O/c1-16-5-3-6-18(22-16)14-25-10-8-20(19(25)26)7-4-9-24(15-20)13-17-11-21-23(2)12-17/h3,5-6,11-12H,4,7-10,13-15H2,1-2H3/t20-/m1/s1. The number of likely N-dealkylation sites (tertiary alicyclic amines) is 2. The van der Waals surface area contributed by atoms with Crippen molar-refractivity contribution < 1.29 is 4.79 Å². The predicted molar refractivity (Wildman–Crippen MR) is 99.2 cm³/mol. The van der Waals surface area contributed by atoms with Crippen molar-refractivity contribution in [2.75, 3.05) is 19.6 Å². The molecule has 26 heavy (non-hydrogen) atoms. The van der Waals surface area contributed by atoms with Crippen LogP contribution < -0.4 is 0 Å². The summed E-state index contributed by atoms with van der Waals surface area (Å²) in [7, 11) is 1.94. The molecule has 138 valence electrons. The predicted octanol–water partition coefficient (Wildman–Crippen LogP) is 2.14. The van der Waals surface area contributed by atoms with Gasteiger partial charge in [-0.2, -0.15) is 5.10 Å². The van der Waals surface area contributed by atoms with E-state index in [4.69, 9.17) is 0 Å². The fraction of sp³-hybridized carbons (Fsp3) is 0.550. The Labute approximate surface area is 154 Å². The Hall–Kier alpha value is -2.21. The van der Waals surface area contributed by atoms with Gasteiger partial charge in [-0.1, -0.05) is 6.07 Å². The Balaban J connectivity index is 1.43. The molecule has 6 heteroatoms. The van der Waals surface area contributed by atoms with Crippen LogP contribution in [0.25, 0.3) is 0 Å². The molecule has 0 unspecified atom stereocenters. The summed E-state index contributed by atoms with van der Waals surface area (Å²) in [5, 5.41) is 4.26. The molecule has 2 aliphatic heterocycles. The molecule has 1 atom stereocenters. The van der Waals surface area contributed by atoms with Gasteiger partial charge in [-0.25, -0.2) is 0 Å². The van der Waals surface area contributed by atoms with Crippen molar-refractivity contribution in [1.82, 2.24) is 24.6 Å². The zero-order valence-corrected chi connectivity index (χ0v) is 15.7. The first kappa shape index (κ1) is 17.2. The van der Waals surface area contributed by atoms with Gasteiger partial charge in [-0.05, 0) is 44.9 Å². The third kappa shape index (κ3) is 3.38. The van der Waals surface area contributed by atoms with Gasteiger partial charge >= 0.3 is 0 Å². The van der Waals surface area contributed by atoms with Crippen LogP contribution in [0.4, 0.5) is 0 Å². The molecule has 4 heterocycles. The summed E-state index contributed by atoms with van der Waals surface area (Å²) < 4.78 is 1.84. The maximum absolute atomic E-state index is 13.2. The lowest BCUT2D eigenvalue weighted by atomic mass is 9.78. The number of carbonyl (C=O) groups is 1. The van der Waals surface area contributed by atoms with Gasteiger partial charge in [0.1, 0.15) is 0 Å².